The first kappa shape index (κ1) is 13.6. The molecule has 17 heavy (non-hydrogen) atoms. The first-order chi connectivity index (χ1) is 7.86. The van der Waals surface area contributed by atoms with Crippen molar-refractivity contribution in [2.45, 2.75) is 13.0 Å². The van der Waals surface area contributed by atoms with Gasteiger partial charge in [-0.3, -0.25) is 4.79 Å². The Kier molecular flexibility index (Phi) is 5.57. The molecule has 0 bridgehead atoms. The number of nitrogens with zero attached hydrogens (tertiary/aromatic N) is 1. The molecule has 2 nitrogen and oxygen atoms in total. The van der Waals surface area contributed by atoms with E-state index in [0.717, 1.165) is 12.1 Å². The van der Waals surface area contributed by atoms with Crippen molar-refractivity contribution in [3.63, 3.8) is 0 Å². The van der Waals surface area contributed by atoms with Gasteiger partial charge in [0.15, 0.2) is 24.7 Å². The van der Waals surface area contributed by atoms with Crippen LogP contribution in [0.1, 0.15) is 16.8 Å². The number of aryl methyl sites for hydroxylation is 1. The Hall–Kier alpha value is -1.48. The van der Waals surface area contributed by atoms with E-state index in [1.165, 1.54) is 0 Å². The molecule has 0 radical (unpaired) electrons. The number of benzene rings is 1. The van der Waals surface area contributed by atoms with Gasteiger partial charge in [-0.2, -0.15) is 0 Å². The fourth-order valence-corrected chi connectivity index (χ4v) is 1.58. The van der Waals surface area contributed by atoms with Crippen LogP contribution in [0.15, 0.2) is 60.9 Å². The second-order valence-corrected chi connectivity index (χ2v) is 3.65. The number of halogens is 1. The van der Waals surface area contributed by atoms with Crippen LogP contribution in [0, 0.1) is 0 Å². The number of aromatic nitrogens is 1. The van der Waals surface area contributed by atoms with Gasteiger partial charge >= 0.3 is 0 Å². The third kappa shape index (κ3) is 4.11. The fraction of sp³-hybridized carbons (Fsp3) is 0.143. The first-order valence-electron chi connectivity index (χ1n) is 5.38. The molecule has 0 saturated heterocycles. The van der Waals surface area contributed by atoms with Crippen LogP contribution in [0.2, 0.25) is 0 Å². The summed E-state index contributed by atoms with van der Waals surface area (Å²) in [6, 6.07) is 15.3. The zero-order chi connectivity index (χ0) is 11.2. The molecule has 0 aliphatic heterocycles. The molecule has 2 aromatic rings. The summed E-state index contributed by atoms with van der Waals surface area (Å²) in [5.41, 5.74) is 0.791. The van der Waals surface area contributed by atoms with E-state index in [-0.39, 0.29) is 22.8 Å². The normalized spacial score (nSPS) is 9.41. The topological polar surface area (TPSA) is 20.9 Å². The van der Waals surface area contributed by atoms with Gasteiger partial charge < -0.3 is 17.0 Å². The monoisotopic (exact) mass is 291 g/mol. The predicted octanol–water partition coefficient (Wildman–Crippen LogP) is -0.749. The quantitative estimate of drug-likeness (QED) is 0.537. The number of hydrogen-bond acceptors (Lipinski definition) is 1. The van der Waals surface area contributed by atoms with Gasteiger partial charge in [0.1, 0.15) is 0 Å². The van der Waals surface area contributed by atoms with Gasteiger partial charge in [-0.05, 0) is 0 Å². The van der Waals surface area contributed by atoms with Crippen molar-refractivity contribution in [2.75, 3.05) is 0 Å². The van der Waals surface area contributed by atoms with Crippen LogP contribution >= 0.6 is 0 Å². The Morgan fingerprint density at radius 1 is 0.941 bits per heavy atom. The number of hydrogen-bond donors (Lipinski definition) is 0. The number of carbonyl (C=O) groups is 1. The molecule has 0 atom stereocenters. The fourth-order valence-electron chi connectivity index (χ4n) is 1.58. The van der Waals surface area contributed by atoms with Gasteiger partial charge in [0, 0.05) is 17.7 Å². The van der Waals surface area contributed by atoms with Gasteiger partial charge in [-0.25, -0.2) is 4.57 Å². The van der Waals surface area contributed by atoms with E-state index in [4.69, 9.17) is 0 Å². The molecule has 0 aliphatic carbocycles. The van der Waals surface area contributed by atoms with Gasteiger partial charge in [0.2, 0.25) is 0 Å². The summed E-state index contributed by atoms with van der Waals surface area (Å²) in [4.78, 5) is 11.8. The molecule has 0 unspecified atom stereocenters. The highest BCUT2D eigenvalue weighted by molar-refractivity contribution is 5.95. The maximum Gasteiger partial charge on any atom is 0.169 e. The Bertz CT molecular complexity index is 456. The minimum absolute atomic E-state index is 0. The number of ketones is 1. The van der Waals surface area contributed by atoms with Gasteiger partial charge in [0.25, 0.3) is 0 Å². The van der Waals surface area contributed by atoms with E-state index in [2.05, 4.69) is 0 Å². The molecule has 0 spiro atoms. The summed E-state index contributed by atoms with van der Waals surface area (Å²) in [7, 11) is 0. The third-order valence-corrected chi connectivity index (χ3v) is 2.47. The number of Topliss-reactive ketones (excluding diaryl/α,β-unsaturated/α-hetero) is 1. The van der Waals surface area contributed by atoms with E-state index in [9.17, 15) is 4.79 Å². The van der Waals surface area contributed by atoms with Crippen molar-refractivity contribution in [1.82, 2.24) is 0 Å². The maximum atomic E-state index is 11.8. The lowest BCUT2D eigenvalue weighted by Gasteiger charge is -1.98. The first-order valence-corrected chi connectivity index (χ1v) is 5.38. The van der Waals surface area contributed by atoms with Gasteiger partial charge in [0.05, 0.1) is 6.42 Å². The Morgan fingerprint density at radius 3 is 2.18 bits per heavy atom. The van der Waals surface area contributed by atoms with Crippen molar-refractivity contribution >= 4 is 5.78 Å². The predicted molar refractivity (Wildman–Crippen MR) is 62.0 cm³/mol. The van der Waals surface area contributed by atoms with Crippen LogP contribution in [0.25, 0.3) is 0 Å². The van der Waals surface area contributed by atoms with Crippen LogP contribution in [0.3, 0.4) is 0 Å². The van der Waals surface area contributed by atoms with Crippen LogP contribution in [0.5, 0.6) is 0 Å². The highest BCUT2D eigenvalue weighted by Crippen LogP contribution is 2.02. The van der Waals surface area contributed by atoms with E-state index in [1.807, 2.05) is 65.5 Å². The summed E-state index contributed by atoms with van der Waals surface area (Å²) in [6.07, 6.45) is 4.48. The molecular formula is C14H14BrNO. The molecule has 1 aromatic heterocycles. The molecule has 0 saturated carbocycles. The standard InChI is InChI=1S/C14H14NO.BrH/c16-14(13-7-3-1-4-8-13)9-12-15-10-5-2-6-11-15;/h1-8,10-11H,9,12H2;1H/q+1;/p-1. The third-order valence-electron chi connectivity index (χ3n) is 2.47. The van der Waals surface area contributed by atoms with Crippen molar-refractivity contribution in [3.8, 4) is 0 Å². The molecule has 0 N–H and O–H groups in total. The lowest BCUT2D eigenvalue weighted by Crippen LogP contribution is -3.00. The SMILES string of the molecule is O=C(CC[n+]1ccccc1)c1ccccc1.[Br-]. The van der Waals surface area contributed by atoms with E-state index < -0.39 is 0 Å². The Labute approximate surface area is 112 Å². The molecule has 0 amide bonds. The average molecular weight is 292 g/mol. The average Bonchev–Trinajstić information content (AvgIpc) is 2.38. The molecule has 0 fully saturated rings. The molecular weight excluding hydrogens is 278 g/mol. The van der Waals surface area contributed by atoms with E-state index in [1.54, 1.807) is 0 Å². The molecule has 3 heteroatoms. The molecule has 0 aliphatic rings. The summed E-state index contributed by atoms with van der Waals surface area (Å²) in [6.45, 7) is 0.731. The Morgan fingerprint density at radius 2 is 1.53 bits per heavy atom. The number of carbonyl (C=O) groups excluding carboxylic acids is 1. The zero-order valence-corrected chi connectivity index (χ0v) is 11.0. The maximum absolute atomic E-state index is 11.8. The highest BCUT2D eigenvalue weighted by Gasteiger charge is 2.07. The van der Waals surface area contributed by atoms with Crippen LogP contribution in [-0.4, -0.2) is 5.78 Å². The molecule has 88 valence electrons. The summed E-state index contributed by atoms with van der Waals surface area (Å²) in [5.74, 6) is 0.192. The van der Waals surface area contributed by atoms with E-state index in [0.29, 0.717) is 6.42 Å². The lowest BCUT2D eigenvalue weighted by atomic mass is 10.1. The Balaban J connectivity index is 0.00000144. The van der Waals surface area contributed by atoms with Crippen LogP contribution in [-0.2, 0) is 6.54 Å². The van der Waals surface area contributed by atoms with Crippen molar-refractivity contribution in [1.29, 1.82) is 0 Å². The summed E-state index contributed by atoms with van der Waals surface area (Å²) in [5, 5.41) is 0. The lowest BCUT2D eigenvalue weighted by molar-refractivity contribution is -0.695. The van der Waals surface area contributed by atoms with Gasteiger partial charge in [-0.15, -0.1) is 0 Å². The van der Waals surface area contributed by atoms with Crippen molar-refractivity contribution in [3.05, 3.63) is 66.5 Å². The second-order valence-electron chi connectivity index (χ2n) is 3.65. The second kappa shape index (κ2) is 6.97. The summed E-state index contributed by atoms with van der Waals surface area (Å²) >= 11 is 0. The van der Waals surface area contributed by atoms with Crippen molar-refractivity contribution < 1.29 is 26.3 Å². The smallest absolute Gasteiger partial charge is 0.169 e. The molecule has 1 heterocycles. The van der Waals surface area contributed by atoms with Gasteiger partial charge in [-0.1, -0.05) is 36.4 Å². The minimum atomic E-state index is 0. The minimum Gasteiger partial charge on any atom is -1.00 e. The van der Waals surface area contributed by atoms with Crippen molar-refractivity contribution in [2.24, 2.45) is 0 Å². The van der Waals surface area contributed by atoms with E-state index >= 15 is 0 Å². The molecule has 2 rings (SSSR count). The number of pyridine rings is 1. The highest BCUT2D eigenvalue weighted by atomic mass is 79.9. The van der Waals surface area contributed by atoms with Crippen LogP contribution < -0.4 is 21.5 Å². The molecule has 1 aromatic carbocycles. The number of rotatable bonds is 4. The largest absolute Gasteiger partial charge is 1.00 e. The summed E-state index contributed by atoms with van der Waals surface area (Å²) < 4.78 is 2.01. The van der Waals surface area contributed by atoms with Crippen LogP contribution in [0.4, 0.5) is 0 Å². The zero-order valence-electron chi connectivity index (χ0n) is 9.42.